The fourth-order valence-electron chi connectivity index (χ4n) is 2.31. The Morgan fingerprint density at radius 3 is 2.47 bits per heavy atom. The Balaban J connectivity index is 3.22. The molecule has 0 aliphatic heterocycles. The Morgan fingerprint density at radius 2 is 2.05 bits per heavy atom. The van der Waals surface area contributed by atoms with Gasteiger partial charge < -0.3 is 15.6 Å². The number of carboxylic acids is 1. The fourth-order valence-corrected chi connectivity index (χ4v) is 2.31. The summed E-state index contributed by atoms with van der Waals surface area (Å²) in [5.74, 6) is -0.883. The monoisotopic (exact) mass is 265 g/mol. The van der Waals surface area contributed by atoms with Gasteiger partial charge in [-0.2, -0.15) is 0 Å². The minimum absolute atomic E-state index is 0.0394. The fraction of sp³-hybridized carbons (Fsp3) is 0.533. The molecule has 2 unspecified atom stereocenters. The number of hydrogen-bond donors (Lipinski definition) is 2. The van der Waals surface area contributed by atoms with Crippen LogP contribution in [-0.4, -0.2) is 18.2 Å². The summed E-state index contributed by atoms with van der Waals surface area (Å²) in [7, 11) is 1.57. The molecule has 0 saturated heterocycles. The normalized spacial score (nSPS) is 14.2. The zero-order chi connectivity index (χ0) is 14.6. The lowest BCUT2D eigenvalue weighted by atomic mass is 9.84. The summed E-state index contributed by atoms with van der Waals surface area (Å²) in [4.78, 5) is 11.4. The van der Waals surface area contributed by atoms with Crippen molar-refractivity contribution in [3.8, 4) is 5.75 Å². The Morgan fingerprint density at radius 1 is 1.42 bits per heavy atom. The predicted octanol–water partition coefficient (Wildman–Crippen LogP) is 2.61. The zero-order valence-electron chi connectivity index (χ0n) is 12.0. The molecule has 0 bridgehead atoms. The molecule has 106 valence electrons. The van der Waals surface area contributed by atoms with Crippen LogP contribution >= 0.6 is 0 Å². The minimum atomic E-state index is -0.869. The highest BCUT2D eigenvalue weighted by molar-refractivity contribution is 5.72. The smallest absolute Gasteiger partial charge is 0.308 e. The molecule has 0 fully saturated rings. The van der Waals surface area contributed by atoms with Crippen molar-refractivity contribution in [3.05, 3.63) is 29.3 Å². The van der Waals surface area contributed by atoms with Crippen LogP contribution < -0.4 is 10.5 Å². The van der Waals surface area contributed by atoms with Crippen molar-refractivity contribution in [1.29, 1.82) is 0 Å². The number of nitrogens with two attached hydrogens (primary N) is 1. The Labute approximate surface area is 114 Å². The van der Waals surface area contributed by atoms with Gasteiger partial charge >= 0.3 is 5.97 Å². The second-order valence-corrected chi connectivity index (χ2v) is 5.06. The number of hydrogen-bond acceptors (Lipinski definition) is 3. The Hall–Kier alpha value is -1.55. The van der Waals surface area contributed by atoms with Crippen LogP contribution in [0.4, 0.5) is 0 Å². The summed E-state index contributed by atoms with van der Waals surface area (Å²) in [6, 6.07) is 5.20. The van der Waals surface area contributed by atoms with Gasteiger partial charge in [-0.15, -0.1) is 0 Å². The molecular formula is C15H23NO3. The van der Waals surface area contributed by atoms with Crippen LogP contribution in [0, 0.1) is 11.8 Å². The first-order valence-electron chi connectivity index (χ1n) is 6.57. The molecule has 1 rings (SSSR count). The number of methoxy groups -OCH3 is 1. The van der Waals surface area contributed by atoms with Crippen LogP contribution in [0.15, 0.2) is 18.2 Å². The molecule has 0 saturated carbocycles. The van der Waals surface area contributed by atoms with Crippen molar-refractivity contribution >= 4 is 5.97 Å². The van der Waals surface area contributed by atoms with E-state index in [2.05, 4.69) is 0 Å². The van der Waals surface area contributed by atoms with Gasteiger partial charge in [0.2, 0.25) is 0 Å². The molecule has 1 aromatic rings. The number of benzene rings is 1. The van der Waals surface area contributed by atoms with Gasteiger partial charge in [0.05, 0.1) is 13.0 Å². The summed E-state index contributed by atoms with van der Waals surface area (Å²) in [6.45, 7) is 5.79. The van der Waals surface area contributed by atoms with Gasteiger partial charge in [0, 0.05) is 11.6 Å². The first-order valence-corrected chi connectivity index (χ1v) is 6.57. The summed E-state index contributed by atoms with van der Waals surface area (Å²) in [5, 5.41) is 9.34. The van der Waals surface area contributed by atoms with E-state index in [0.717, 1.165) is 17.5 Å². The van der Waals surface area contributed by atoms with Crippen LogP contribution in [0.1, 0.15) is 37.9 Å². The highest BCUT2D eigenvalue weighted by atomic mass is 16.5. The topological polar surface area (TPSA) is 72.5 Å². The number of ether oxygens (including phenoxy) is 1. The first-order chi connectivity index (χ1) is 8.92. The largest absolute Gasteiger partial charge is 0.496 e. The lowest BCUT2D eigenvalue weighted by Crippen LogP contribution is -2.32. The van der Waals surface area contributed by atoms with E-state index in [4.69, 9.17) is 10.5 Å². The lowest BCUT2D eigenvalue weighted by molar-refractivity contribution is -0.144. The second kappa shape index (κ2) is 6.57. The molecule has 0 aliphatic rings. The van der Waals surface area contributed by atoms with Crippen molar-refractivity contribution in [2.45, 2.75) is 33.2 Å². The lowest BCUT2D eigenvalue weighted by Gasteiger charge is -2.25. The van der Waals surface area contributed by atoms with Gasteiger partial charge in [0.1, 0.15) is 5.75 Å². The van der Waals surface area contributed by atoms with Gasteiger partial charge in [-0.05, 0) is 24.0 Å². The number of carbonyl (C=O) groups is 1. The maximum absolute atomic E-state index is 11.4. The summed E-state index contributed by atoms with van der Waals surface area (Å²) in [6.07, 6.45) is 0.878. The number of aliphatic carboxylic acids is 1. The quantitative estimate of drug-likeness (QED) is 0.829. The van der Waals surface area contributed by atoms with Crippen molar-refractivity contribution in [3.63, 3.8) is 0 Å². The predicted molar refractivity (Wildman–Crippen MR) is 75.3 cm³/mol. The third-order valence-electron chi connectivity index (χ3n) is 3.45. The van der Waals surface area contributed by atoms with E-state index in [1.165, 1.54) is 0 Å². The summed E-state index contributed by atoms with van der Waals surface area (Å²) < 4.78 is 5.30. The number of rotatable bonds is 6. The van der Waals surface area contributed by atoms with E-state index in [1.807, 2.05) is 39.0 Å². The molecule has 1 aromatic carbocycles. The van der Waals surface area contributed by atoms with E-state index >= 15 is 0 Å². The second-order valence-electron chi connectivity index (χ2n) is 5.06. The molecule has 0 aliphatic carbocycles. The van der Waals surface area contributed by atoms with Crippen LogP contribution in [0.3, 0.4) is 0 Å². The molecule has 0 aromatic heterocycles. The molecule has 4 heteroatoms. The average Bonchev–Trinajstić information content (AvgIpc) is 2.36. The van der Waals surface area contributed by atoms with Gasteiger partial charge in [-0.3, -0.25) is 4.79 Å². The average molecular weight is 265 g/mol. The van der Waals surface area contributed by atoms with Crippen molar-refractivity contribution in [2.75, 3.05) is 7.11 Å². The Bertz CT molecular complexity index is 443. The molecule has 3 N–H and O–H groups in total. The zero-order valence-corrected chi connectivity index (χ0v) is 12.0. The standard InChI is InChI=1S/C15H23NO3/c1-5-10-6-7-12(19-4)11(8-10)14(16)13(9(2)3)15(17)18/h6-9,13-14H,5,16H2,1-4H3,(H,17,18). The van der Waals surface area contributed by atoms with Gasteiger partial charge in [-0.1, -0.05) is 32.9 Å². The third kappa shape index (κ3) is 3.47. The number of carboxylic acid groups (broad SMARTS) is 1. The third-order valence-corrected chi connectivity index (χ3v) is 3.45. The maximum Gasteiger partial charge on any atom is 0.308 e. The van der Waals surface area contributed by atoms with Crippen LogP contribution in [-0.2, 0) is 11.2 Å². The molecule has 0 spiro atoms. The summed E-state index contributed by atoms with van der Waals surface area (Å²) in [5.41, 5.74) is 8.07. The molecular weight excluding hydrogens is 242 g/mol. The van der Waals surface area contributed by atoms with Crippen LogP contribution in [0.5, 0.6) is 5.75 Å². The molecule has 2 atom stereocenters. The first kappa shape index (κ1) is 15.5. The van der Waals surface area contributed by atoms with E-state index in [1.54, 1.807) is 7.11 Å². The van der Waals surface area contributed by atoms with Gasteiger partial charge in [0.25, 0.3) is 0 Å². The van der Waals surface area contributed by atoms with Crippen LogP contribution in [0.2, 0.25) is 0 Å². The molecule has 0 radical (unpaired) electrons. The van der Waals surface area contributed by atoms with E-state index in [9.17, 15) is 9.90 Å². The van der Waals surface area contributed by atoms with Gasteiger partial charge in [0.15, 0.2) is 0 Å². The van der Waals surface area contributed by atoms with E-state index in [-0.39, 0.29) is 5.92 Å². The highest BCUT2D eigenvalue weighted by Crippen LogP contribution is 2.33. The highest BCUT2D eigenvalue weighted by Gasteiger charge is 2.31. The molecule has 4 nitrogen and oxygen atoms in total. The minimum Gasteiger partial charge on any atom is -0.496 e. The van der Waals surface area contributed by atoms with Crippen molar-refractivity contribution < 1.29 is 14.6 Å². The number of aryl methyl sites for hydroxylation is 1. The van der Waals surface area contributed by atoms with E-state index in [0.29, 0.717) is 5.75 Å². The maximum atomic E-state index is 11.4. The Kier molecular flexibility index (Phi) is 5.36. The van der Waals surface area contributed by atoms with E-state index < -0.39 is 17.9 Å². The molecule has 19 heavy (non-hydrogen) atoms. The van der Waals surface area contributed by atoms with Crippen molar-refractivity contribution in [1.82, 2.24) is 0 Å². The molecule has 0 heterocycles. The van der Waals surface area contributed by atoms with Crippen LogP contribution in [0.25, 0.3) is 0 Å². The SMILES string of the molecule is CCc1ccc(OC)c(C(N)C(C(=O)O)C(C)C)c1. The van der Waals surface area contributed by atoms with Gasteiger partial charge in [-0.25, -0.2) is 0 Å². The van der Waals surface area contributed by atoms with Crippen molar-refractivity contribution in [2.24, 2.45) is 17.6 Å². The summed E-state index contributed by atoms with van der Waals surface area (Å²) >= 11 is 0. The molecule has 0 amide bonds.